The highest BCUT2D eigenvalue weighted by molar-refractivity contribution is 6.33. The average Bonchev–Trinajstić information content (AvgIpc) is 3.08. The van der Waals surface area contributed by atoms with Crippen LogP contribution < -0.4 is 11.1 Å². The van der Waals surface area contributed by atoms with Gasteiger partial charge in [0.05, 0.1) is 10.7 Å². The summed E-state index contributed by atoms with van der Waals surface area (Å²) in [5, 5.41) is 15.6. The van der Waals surface area contributed by atoms with E-state index in [2.05, 4.69) is 10.5 Å². The number of benzene rings is 1. The number of nitrogens with one attached hydrogen (secondary N) is 1. The molecule has 1 aliphatic carbocycles. The second-order valence-corrected chi connectivity index (χ2v) is 5.01. The lowest BCUT2D eigenvalue weighted by Gasteiger charge is -2.16. The van der Waals surface area contributed by atoms with E-state index in [-0.39, 0.29) is 5.41 Å². The summed E-state index contributed by atoms with van der Waals surface area (Å²) >= 11 is 6.06. The molecule has 4 nitrogen and oxygen atoms in total. The van der Waals surface area contributed by atoms with Gasteiger partial charge in [-0.05, 0) is 30.4 Å². The van der Waals surface area contributed by atoms with Gasteiger partial charge < -0.3 is 16.3 Å². The molecule has 1 aromatic carbocycles. The first kappa shape index (κ1) is 12.0. The lowest BCUT2D eigenvalue weighted by atomic mass is 10.0. The molecule has 1 saturated carbocycles. The summed E-state index contributed by atoms with van der Waals surface area (Å²) in [6, 6.07) is 7.64. The van der Waals surface area contributed by atoms with E-state index in [1.807, 2.05) is 24.3 Å². The van der Waals surface area contributed by atoms with Crippen LogP contribution in [0.3, 0.4) is 0 Å². The first-order chi connectivity index (χ1) is 8.15. The number of anilines is 1. The van der Waals surface area contributed by atoms with Crippen molar-refractivity contribution in [3.05, 3.63) is 29.3 Å². The number of oxime groups is 1. The van der Waals surface area contributed by atoms with Crippen molar-refractivity contribution in [1.29, 1.82) is 0 Å². The van der Waals surface area contributed by atoms with Crippen LogP contribution in [0.4, 0.5) is 5.69 Å². The van der Waals surface area contributed by atoms with Crippen LogP contribution in [0.1, 0.15) is 19.3 Å². The van der Waals surface area contributed by atoms with Gasteiger partial charge in [-0.15, -0.1) is 0 Å². The number of nitrogens with zero attached hydrogens (tertiary/aromatic N) is 1. The van der Waals surface area contributed by atoms with Crippen LogP contribution >= 0.6 is 11.6 Å². The minimum Gasteiger partial charge on any atom is -0.409 e. The standard InChI is InChI=1S/C12H16ClN3O/c13-9-3-1-2-4-10(9)15-8-12(5-6-12)7-11(14)16-17/h1-4,15,17H,5-8H2,(H2,14,16). The number of nitrogens with two attached hydrogens (primary N) is 1. The van der Waals surface area contributed by atoms with Crippen molar-refractivity contribution in [1.82, 2.24) is 0 Å². The van der Waals surface area contributed by atoms with Gasteiger partial charge >= 0.3 is 0 Å². The smallest absolute Gasteiger partial charge is 0.139 e. The van der Waals surface area contributed by atoms with Gasteiger partial charge in [0.2, 0.25) is 0 Å². The number of hydrogen-bond acceptors (Lipinski definition) is 3. The maximum absolute atomic E-state index is 8.58. The minimum atomic E-state index is 0.134. The molecule has 0 atom stereocenters. The predicted octanol–water partition coefficient (Wildman–Crippen LogP) is 2.67. The topological polar surface area (TPSA) is 70.6 Å². The Bertz CT molecular complexity index is 430. The van der Waals surface area contributed by atoms with Gasteiger partial charge in [-0.3, -0.25) is 0 Å². The maximum atomic E-state index is 8.58. The molecule has 1 aromatic rings. The number of amidine groups is 1. The Labute approximate surface area is 105 Å². The van der Waals surface area contributed by atoms with Gasteiger partial charge in [0.1, 0.15) is 5.84 Å². The van der Waals surface area contributed by atoms with Crippen LogP contribution in [0.2, 0.25) is 5.02 Å². The average molecular weight is 254 g/mol. The zero-order chi connectivity index (χ0) is 12.3. The van der Waals surface area contributed by atoms with Crippen molar-refractivity contribution in [2.24, 2.45) is 16.3 Å². The highest BCUT2D eigenvalue weighted by Gasteiger charge is 2.43. The molecule has 2 rings (SSSR count). The van der Waals surface area contributed by atoms with Crippen molar-refractivity contribution >= 4 is 23.1 Å². The first-order valence-corrected chi connectivity index (χ1v) is 5.98. The van der Waals surface area contributed by atoms with E-state index in [0.29, 0.717) is 17.3 Å². The van der Waals surface area contributed by atoms with E-state index in [4.69, 9.17) is 22.5 Å². The third kappa shape index (κ3) is 3.03. The van der Waals surface area contributed by atoms with Gasteiger partial charge in [-0.2, -0.15) is 0 Å². The van der Waals surface area contributed by atoms with Crippen LogP contribution in [-0.4, -0.2) is 17.6 Å². The second-order valence-electron chi connectivity index (χ2n) is 4.60. The fraction of sp³-hybridized carbons (Fsp3) is 0.417. The van der Waals surface area contributed by atoms with Crippen molar-refractivity contribution in [2.75, 3.05) is 11.9 Å². The fourth-order valence-corrected chi connectivity index (χ4v) is 2.10. The summed E-state index contributed by atoms with van der Waals surface area (Å²) in [7, 11) is 0. The summed E-state index contributed by atoms with van der Waals surface area (Å²) < 4.78 is 0. The summed E-state index contributed by atoms with van der Waals surface area (Å²) in [6.07, 6.45) is 2.82. The zero-order valence-electron chi connectivity index (χ0n) is 9.49. The fourth-order valence-electron chi connectivity index (χ4n) is 1.90. The second kappa shape index (κ2) is 4.84. The molecule has 0 aromatic heterocycles. The number of para-hydroxylation sites is 1. The van der Waals surface area contributed by atoms with Gasteiger partial charge in [-0.25, -0.2) is 0 Å². The molecule has 0 aliphatic heterocycles. The largest absolute Gasteiger partial charge is 0.409 e. The third-order valence-corrected chi connectivity index (χ3v) is 3.50. The summed E-state index contributed by atoms with van der Waals surface area (Å²) in [4.78, 5) is 0. The first-order valence-electron chi connectivity index (χ1n) is 5.60. The Morgan fingerprint density at radius 3 is 2.76 bits per heavy atom. The van der Waals surface area contributed by atoms with E-state index in [9.17, 15) is 0 Å². The monoisotopic (exact) mass is 253 g/mol. The van der Waals surface area contributed by atoms with Crippen molar-refractivity contribution < 1.29 is 5.21 Å². The van der Waals surface area contributed by atoms with Crippen molar-refractivity contribution in [3.8, 4) is 0 Å². The SMILES string of the molecule is NC(CC1(CNc2ccccc2Cl)CC1)=NO. The van der Waals surface area contributed by atoms with Gasteiger partial charge in [0, 0.05) is 13.0 Å². The highest BCUT2D eigenvalue weighted by atomic mass is 35.5. The molecule has 0 saturated heterocycles. The lowest BCUT2D eigenvalue weighted by Crippen LogP contribution is -2.23. The molecule has 0 spiro atoms. The Kier molecular flexibility index (Phi) is 3.43. The number of hydrogen-bond donors (Lipinski definition) is 3. The third-order valence-electron chi connectivity index (χ3n) is 3.17. The molecular formula is C12H16ClN3O. The van der Waals surface area contributed by atoms with Crippen molar-refractivity contribution in [3.63, 3.8) is 0 Å². The van der Waals surface area contributed by atoms with Gasteiger partial charge in [-0.1, -0.05) is 28.9 Å². The molecule has 0 heterocycles. The van der Waals surface area contributed by atoms with Crippen LogP contribution in [0.15, 0.2) is 29.4 Å². The van der Waals surface area contributed by atoms with Gasteiger partial charge in [0.15, 0.2) is 0 Å². The van der Waals surface area contributed by atoms with E-state index in [0.717, 1.165) is 25.1 Å². The quantitative estimate of drug-likeness (QED) is 0.327. The molecule has 0 amide bonds. The summed E-state index contributed by atoms with van der Waals surface area (Å²) in [5.74, 6) is 0.295. The Morgan fingerprint density at radius 1 is 1.47 bits per heavy atom. The van der Waals surface area contributed by atoms with E-state index in [1.54, 1.807) is 0 Å². The Morgan fingerprint density at radius 2 is 2.18 bits per heavy atom. The molecule has 5 heteroatoms. The van der Waals surface area contributed by atoms with Crippen LogP contribution in [0.25, 0.3) is 0 Å². The molecule has 0 bridgehead atoms. The lowest BCUT2D eigenvalue weighted by molar-refractivity contribution is 0.315. The molecule has 1 aliphatic rings. The van der Waals surface area contributed by atoms with Gasteiger partial charge in [0.25, 0.3) is 0 Å². The van der Waals surface area contributed by atoms with Crippen molar-refractivity contribution in [2.45, 2.75) is 19.3 Å². The molecule has 17 heavy (non-hydrogen) atoms. The number of halogens is 1. The molecule has 1 fully saturated rings. The van der Waals surface area contributed by atoms with E-state index >= 15 is 0 Å². The Hall–Kier alpha value is -1.42. The molecule has 92 valence electrons. The molecule has 4 N–H and O–H groups in total. The number of rotatable bonds is 5. The van der Waals surface area contributed by atoms with Crippen LogP contribution in [-0.2, 0) is 0 Å². The molecule has 0 unspecified atom stereocenters. The van der Waals surface area contributed by atoms with E-state index < -0.39 is 0 Å². The zero-order valence-corrected chi connectivity index (χ0v) is 10.2. The maximum Gasteiger partial charge on any atom is 0.139 e. The summed E-state index contributed by atoms with van der Waals surface area (Å²) in [6.45, 7) is 0.799. The molecule has 0 radical (unpaired) electrons. The minimum absolute atomic E-state index is 0.134. The summed E-state index contributed by atoms with van der Waals surface area (Å²) in [5.41, 5.74) is 6.61. The van der Waals surface area contributed by atoms with E-state index in [1.165, 1.54) is 0 Å². The predicted molar refractivity (Wildman–Crippen MR) is 69.6 cm³/mol. The van der Waals surface area contributed by atoms with Crippen LogP contribution in [0.5, 0.6) is 0 Å². The van der Waals surface area contributed by atoms with Crippen LogP contribution in [0, 0.1) is 5.41 Å². The highest BCUT2D eigenvalue weighted by Crippen LogP contribution is 2.48. The molecular weight excluding hydrogens is 238 g/mol. The Balaban J connectivity index is 1.92. The normalized spacial score (nSPS) is 17.8.